The van der Waals surface area contributed by atoms with Crippen molar-refractivity contribution in [1.29, 1.82) is 0 Å². The Morgan fingerprint density at radius 2 is 1.17 bits per heavy atom. The molecule has 0 aromatic heterocycles. The monoisotopic (exact) mass is 478 g/mol. The van der Waals surface area contributed by atoms with Crippen LogP contribution in [0.15, 0.2) is 58.7 Å². The van der Waals surface area contributed by atoms with Gasteiger partial charge in [0.2, 0.25) is 0 Å². The zero-order chi connectivity index (χ0) is 21.3. The predicted octanol–water partition coefficient (Wildman–Crippen LogP) is 5.55. The molecule has 1 aliphatic rings. The normalized spacial score (nSPS) is 16.2. The van der Waals surface area contributed by atoms with Gasteiger partial charge in [0.05, 0.1) is 21.4 Å². The van der Waals surface area contributed by atoms with Crippen LogP contribution in [0.3, 0.4) is 0 Å². The molecule has 0 amide bonds. The van der Waals surface area contributed by atoms with Gasteiger partial charge in [0.15, 0.2) is 10.2 Å². The van der Waals surface area contributed by atoms with Gasteiger partial charge >= 0.3 is 0 Å². The van der Waals surface area contributed by atoms with Crippen molar-refractivity contribution in [2.75, 3.05) is 10.6 Å². The van der Waals surface area contributed by atoms with Crippen LogP contribution in [-0.4, -0.2) is 21.6 Å². The minimum absolute atomic E-state index is 0.378. The van der Waals surface area contributed by atoms with Gasteiger partial charge in [-0.1, -0.05) is 47.5 Å². The maximum absolute atomic E-state index is 6.12. The first kappa shape index (κ1) is 22.4. The van der Waals surface area contributed by atoms with Crippen LogP contribution in [0.25, 0.3) is 0 Å². The molecule has 1 aliphatic carbocycles. The minimum atomic E-state index is 0.378. The molecule has 10 heteroatoms. The highest BCUT2D eigenvalue weighted by molar-refractivity contribution is 7.80. The number of nitrogens with zero attached hydrogens (tertiary/aromatic N) is 2. The van der Waals surface area contributed by atoms with Crippen molar-refractivity contribution in [3.63, 3.8) is 0 Å². The van der Waals surface area contributed by atoms with E-state index < -0.39 is 0 Å². The van der Waals surface area contributed by atoms with Gasteiger partial charge in [-0.25, -0.2) is 0 Å². The molecule has 1 fully saturated rings. The van der Waals surface area contributed by atoms with E-state index in [4.69, 9.17) is 47.6 Å². The maximum Gasteiger partial charge on any atom is 0.191 e. The summed E-state index contributed by atoms with van der Waals surface area (Å²) in [7, 11) is 0. The summed E-state index contributed by atoms with van der Waals surface area (Å²) >= 11 is 22.8. The lowest BCUT2D eigenvalue weighted by Crippen LogP contribution is -2.29. The minimum Gasteiger partial charge on any atom is -0.330 e. The molecule has 3 rings (SSSR count). The van der Waals surface area contributed by atoms with Crippen molar-refractivity contribution in [3.8, 4) is 0 Å². The van der Waals surface area contributed by atoms with Gasteiger partial charge in [0.25, 0.3) is 0 Å². The van der Waals surface area contributed by atoms with Crippen molar-refractivity contribution in [1.82, 2.24) is 10.9 Å². The standard InChI is InChI=1S/C20H20Cl2N6S2/c21-15-8-1-3-10-17(15)23-19(29)27-25-13-6-5-7-14(12-13)26-28-20(30)24-18-11-4-2-9-16(18)22/h1-4,8-11H,5-7,12H2,(H2,23,27,29)(H2,24,28,30). The summed E-state index contributed by atoms with van der Waals surface area (Å²) < 4.78 is 0. The third-order valence-corrected chi connectivity index (χ3v) is 5.26. The first-order valence-electron chi connectivity index (χ1n) is 9.25. The number of para-hydroxylation sites is 2. The average molecular weight is 479 g/mol. The third kappa shape index (κ3) is 6.91. The van der Waals surface area contributed by atoms with Crippen molar-refractivity contribution in [2.45, 2.75) is 25.7 Å². The highest BCUT2D eigenvalue weighted by Crippen LogP contribution is 2.21. The molecule has 30 heavy (non-hydrogen) atoms. The topological polar surface area (TPSA) is 72.8 Å². The molecule has 2 aromatic carbocycles. The van der Waals surface area contributed by atoms with Crippen LogP contribution in [-0.2, 0) is 0 Å². The van der Waals surface area contributed by atoms with E-state index in [0.717, 1.165) is 42.1 Å². The van der Waals surface area contributed by atoms with E-state index in [1.54, 1.807) is 12.1 Å². The molecule has 0 bridgehead atoms. The summed E-state index contributed by atoms with van der Waals surface area (Å²) in [4.78, 5) is 0. The fourth-order valence-electron chi connectivity index (χ4n) is 2.79. The van der Waals surface area contributed by atoms with Gasteiger partial charge in [-0.3, -0.25) is 10.9 Å². The maximum atomic E-state index is 6.12. The van der Waals surface area contributed by atoms with Gasteiger partial charge in [-0.05, 0) is 68.0 Å². The Morgan fingerprint density at radius 1 is 0.733 bits per heavy atom. The number of anilines is 2. The van der Waals surface area contributed by atoms with E-state index in [0.29, 0.717) is 26.7 Å². The van der Waals surface area contributed by atoms with E-state index in [1.807, 2.05) is 36.4 Å². The Hall–Kier alpha value is -2.26. The molecule has 0 atom stereocenters. The Kier molecular flexibility index (Phi) is 8.39. The van der Waals surface area contributed by atoms with E-state index in [9.17, 15) is 0 Å². The van der Waals surface area contributed by atoms with Crippen LogP contribution in [0.4, 0.5) is 11.4 Å². The number of halogens is 2. The lowest BCUT2D eigenvalue weighted by atomic mass is 9.97. The number of thiocarbonyl (C=S) groups is 2. The number of benzene rings is 2. The highest BCUT2D eigenvalue weighted by atomic mass is 35.5. The molecule has 4 N–H and O–H groups in total. The summed E-state index contributed by atoms with van der Waals surface area (Å²) in [6, 6.07) is 14.8. The largest absolute Gasteiger partial charge is 0.330 e. The molecule has 1 saturated carbocycles. The van der Waals surface area contributed by atoms with Crippen molar-refractivity contribution >= 4 is 80.7 Å². The molecular weight excluding hydrogens is 459 g/mol. The van der Waals surface area contributed by atoms with Crippen LogP contribution >= 0.6 is 47.6 Å². The second-order valence-corrected chi connectivity index (χ2v) is 8.11. The fraction of sp³-hybridized carbons (Fsp3) is 0.200. The van der Waals surface area contributed by atoms with E-state index in [-0.39, 0.29) is 0 Å². The quantitative estimate of drug-likeness (QED) is 0.340. The van der Waals surface area contributed by atoms with Crippen LogP contribution in [0.5, 0.6) is 0 Å². The number of nitrogens with one attached hydrogen (secondary N) is 4. The first-order valence-corrected chi connectivity index (χ1v) is 10.8. The van der Waals surface area contributed by atoms with Crippen molar-refractivity contribution in [3.05, 3.63) is 58.6 Å². The van der Waals surface area contributed by atoms with Crippen LogP contribution < -0.4 is 21.5 Å². The molecule has 0 unspecified atom stereocenters. The SMILES string of the molecule is S=C(NN=C1CCCC(=NNC(=S)Nc2ccccc2Cl)C1)Nc1ccccc1Cl. The van der Waals surface area contributed by atoms with Crippen LogP contribution in [0.1, 0.15) is 25.7 Å². The van der Waals surface area contributed by atoms with Gasteiger partial charge in [-0.15, -0.1) is 0 Å². The lowest BCUT2D eigenvalue weighted by Gasteiger charge is -2.17. The molecule has 0 radical (unpaired) electrons. The lowest BCUT2D eigenvalue weighted by molar-refractivity contribution is 0.841. The Bertz CT molecular complexity index is 915. The molecule has 0 heterocycles. The predicted molar refractivity (Wildman–Crippen MR) is 135 cm³/mol. The zero-order valence-corrected chi connectivity index (χ0v) is 19.1. The molecule has 2 aromatic rings. The summed E-state index contributed by atoms with van der Waals surface area (Å²) in [6.45, 7) is 0. The van der Waals surface area contributed by atoms with Gasteiger partial charge in [0, 0.05) is 17.8 Å². The molecule has 156 valence electrons. The number of hydrogen-bond acceptors (Lipinski definition) is 4. The smallest absolute Gasteiger partial charge is 0.191 e. The molecule has 6 nitrogen and oxygen atoms in total. The number of hydrazone groups is 2. The molecule has 0 saturated heterocycles. The summed E-state index contributed by atoms with van der Waals surface area (Å²) in [5.74, 6) is 0. The fourth-order valence-corrected chi connectivity index (χ4v) is 3.46. The average Bonchev–Trinajstić information content (AvgIpc) is 2.74. The first-order chi connectivity index (χ1) is 14.5. The number of hydrogen-bond donors (Lipinski definition) is 4. The number of rotatable bonds is 4. The highest BCUT2D eigenvalue weighted by Gasteiger charge is 2.14. The van der Waals surface area contributed by atoms with E-state index in [2.05, 4.69) is 31.7 Å². The van der Waals surface area contributed by atoms with Gasteiger partial charge < -0.3 is 10.6 Å². The van der Waals surface area contributed by atoms with Crippen LogP contribution in [0.2, 0.25) is 10.0 Å². The second-order valence-electron chi connectivity index (χ2n) is 6.48. The van der Waals surface area contributed by atoms with Gasteiger partial charge in [-0.2, -0.15) is 10.2 Å². The Labute approximate surface area is 196 Å². The summed E-state index contributed by atoms with van der Waals surface area (Å²) in [5, 5.41) is 16.8. The molecule has 0 aliphatic heterocycles. The zero-order valence-electron chi connectivity index (χ0n) is 15.9. The van der Waals surface area contributed by atoms with Crippen molar-refractivity contribution < 1.29 is 0 Å². The summed E-state index contributed by atoms with van der Waals surface area (Å²) in [6.07, 6.45) is 3.35. The second kappa shape index (κ2) is 11.2. The third-order valence-electron chi connectivity index (χ3n) is 4.21. The van der Waals surface area contributed by atoms with Crippen molar-refractivity contribution in [2.24, 2.45) is 10.2 Å². The Balaban J connectivity index is 1.50. The van der Waals surface area contributed by atoms with E-state index in [1.165, 1.54) is 0 Å². The van der Waals surface area contributed by atoms with E-state index >= 15 is 0 Å². The van der Waals surface area contributed by atoms with Crippen LogP contribution in [0, 0.1) is 0 Å². The Morgan fingerprint density at radius 3 is 1.60 bits per heavy atom. The summed E-state index contributed by atoms with van der Waals surface area (Å²) in [5.41, 5.74) is 9.14. The molecule has 0 spiro atoms. The van der Waals surface area contributed by atoms with Gasteiger partial charge in [0.1, 0.15) is 0 Å². The molecular formula is C20H20Cl2N6S2.